The summed E-state index contributed by atoms with van der Waals surface area (Å²) in [5.74, 6) is 0.787. The van der Waals surface area contributed by atoms with Crippen molar-refractivity contribution >= 4 is 39.5 Å². The van der Waals surface area contributed by atoms with Gasteiger partial charge >= 0.3 is 6.09 Å². The Morgan fingerprint density at radius 3 is 2.27 bits per heavy atom. The van der Waals surface area contributed by atoms with Crippen molar-refractivity contribution < 1.29 is 28.6 Å². The fraction of sp³-hybridized carbons (Fsp3) is 0.412. The van der Waals surface area contributed by atoms with Crippen molar-refractivity contribution in [3.63, 3.8) is 0 Å². The fourth-order valence-corrected chi connectivity index (χ4v) is 5.51. The van der Waals surface area contributed by atoms with E-state index in [1.807, 2.05) is 39.8 Å². The lowest BCUT2D eigenvalue weighted by Gasteiger charge is -2.20. The third-order valence-corrected chi connectivity index (χ3v) is 8.42. The fourth-order valence-electron chi connectivity index (χ4n) is 5.01. The Balaban J connectivity index is 1.32. The van der Waals surface area contributed by atoms with Gasteiger partial charge in [-0.05, 0) is 109 Å². The molecule has 0 saturated heterocycles. The molecular weight excluding hydrogens is 640 g/mol. The Morgan fingerprint density at radius 2 is 1.60 bits per heavy atom. The number of carbonyl (C=O) groups excluding carboxylic acids is 3. The van der Waals surface area contributed by atoms with Crippen LogP contribution in [0.25, 0.3) is 0 Å². The zero-order valence-corrected chi connectivity index (χ0v) is 28.4. The highest BCUT2D eigenvalue weighted by molar-refractivity contribution is 9.10. The first-order valence-electron chi connectivity index (χ1n) is 15.0. The number of pyridine rings is 1. The van der Waals surface area contributed by atoms with Gasteiger partial charge in [0.25, 0.3) is 5.91 Å². The predicted octanol–water partition coefficient (Wildman–Crippen LogP) is 6.75. The molecule has 0 aliphatic carbocycles. The van der Waals surface area contributed by atoms with Crippen LogP contribution in [0, 0.1) is 20.8 Å². The van der Waals surface area contributed by atoms with Gasteiger partial charge in [-0.3, -0.25) is 14.6 Å². The number of anilines is 1. The SMILES string of the molecule is COc1c(C)c(C)c(OC)c(CNC(=O)OCCCCCCNC(=O)C(C)c2ccc(NC(=O)c3ccccn3)c(Br)c2)c1C. The Hall–Kier alpha value is -4.12. The molecule has 1 heterocycles. The number of alkyl carbamates (subject to hydrolysis) is 1. The van der Waals surface area contributed by atoms with E-state index in [1.54, 1.807) is 44.7 Å². The Morgan fingerprint density at radius 1 is 0.889 bits per heavy atom. The number of ether oxygens (including phenoxy) is 3. The smallest absolute Gasteiger partial charge is 0.407 e. The third kappa shape index (κ3) is 9.68. The van der Waals surface area contributed by atoms with Crippen molar-refractivity contribution in [3.05, 3.63) is 80.6 Å². The number of nitrogens with zero attached hydrogens (tertiary/aromatic N) is 1. The van der Waals surface area contributed by atoms with Gasteiger partial charge in [0.15, 0.2) is 0 Å². The molecule has 2 aromatic carbocycles. The number of hydrogen-bond acceptors (Lipinski definition) is 7. The topological polar surface area (TPSA) is 128 Å². The molecule has 1 unspecified atom stereocenters. The summed E-state index contributed by atoms with van der Waals surface area (Å²) in [7, 11) is 3.25. The predicted molar refractivity (Wildman–Crippen MR) is 178 cm³/mol. The molecule has 10 nitrogen and oxygen atoms in total. The normalized spacial score (nSPS) is 11.4. The van der Waals surface area contributed by atoms with E-state index >= 15 is 0 Å². The van der Waals surface area contributed by atoms with Crippen LogP contribution in [0.5, 0.6) is 11.5 Å². The van der Waals surface area contributed by atoms with Crippen LogP contribution >= 0.6 is 15.9 Å². The number of hydrogen-bond donors (Lipinski definition) is 3. The maximum absolute atomic E-state index is 12.7. The summed E-state index contributed by atoms with van der Waals surface area (Å²) >= 11 is 3.49. The van der Waals surface area contributed by atoms with Gasteiger partial charge in [0.05, 0.1) is 39.0 Å². The second kappa shape index (κ2) is 17.4. The molecular formula is C34H43BrN4O6. The van der Waals surface area contributed by atoms with Gasteiger partial charge in [0.2, 0.25) is 5.91 Å². The summed E-state index contributed by atoms with van der Waals surface area (Å²) in [5.41, 5.74) is 5.52. The Kier molecular flexibility index (Phi) is 13.7. The van der Waals surface area contributed by atoms with Gasteiger partial charge < -0.3 is 30.2 Å². The average molecular weight is 684 g/mol. The maximum atomic E-state index is 12.7. The highest BCUT2D eigenvalue weighted by Crippen LogP contribution is 2.37. The van der Waals surface area contributed by atoms with E-state index in [4.69, 9.17) is 14.2 Å². The summed E-state index contributed by atoms with van der Waals surface area (Å²) < 4.78 is 17.2. The van der Waals surface area contributed by atoms with Gasteiger partial charge in [0, 0.05) is 22.8 Å². The number of nitrogens with one attached hydrogen (secondary N) is 3. The van der Waals surface area contributed by atoms with Crippen LogP contribution in [0.1, 0.15) is 76.8 Å². The van der Waals surface area contributed by atoms with Gasteiger partial charge in [-0.1, -0.05) is 18.6 Å². The zero-order chi connectivity index (χ0) is 32.9. The first-order valence-corrected chi connectivity index (χ1v) is 15.8. The van der Waals surface area contributed by atoms with E-state index < -0.39 is 6.09 Å². The number of amides is 3. The van der Waals surface area contributed by atoms with Crippen LogP contribution in [-0.2, 0) is 16.1 Å². The van der Waals surface area contributed by atoms with Crippen molar-refractivity contribution in [3.8, 4) is 11.5 Å². The number of unbranched alkanes of at least 4 members (excludes halogenated alkanes) is 3. The molecule has 0 aliphatic rings. The molecule has 0 fully saturated rings. The van der Waals surface area contributed by atoms with Gasteiger partial charge in [0.1, 0.15) is 17.2 Å². The highest BCUT2D eigenvalue weighted by Gasteiger charge is 2.20. The molecule has 3 N–H and O–H groups in total. The lowest BCUT2D eigenvalue weighted by Crippen LogP contribution is -2.29. The van der Waals surface area contributed by atoms with Crippen molar-refractivity contribution in [2.24, 2.45) is 0 Å². The van der Waals surface area contributed by atoms with Crippen molar-refractivity contribution in [2.75, 3.05) is 32.7 Å². The number of methoxy groups -OCH3 is 2. The Bertz CT molecular complexity index is 1480. The number of halogens is 1. The monoisotopic (exact) mass is 682 g/mol. The largest absolute Gasteiger partial charge is 0.496 e. The molecule has 11 heteroatoms. The van der Waals surface area contributed by atoms with Crippen LogP contribution in [-0.4, -0.2) is 50.3 Å². The molecule has 3 rings (SSSR count). The number of benzene rings is 2. The first-order chi connectivity index (χ1) is 21.6. The first kappa shape index (κ1) is 35.4. The van der Waals surface area contributed by atoms with Crippen LogP contribution < -0.4 is 25.4 Å². The molecule has 3 aromatic rings. The Labute approximate surface area is 273 Å². The molecule has 0 bridgehead atoms. The molecule has 1 atom stereocenters. The van der Waals surface area contributed by atoms with Gasteiger partial charge in [-0.15, -0.1) is 0 Å². The van der Waals surface area contributed by atoms with Crippen molar-refractivity contribution in [2.45, 2.75) is 65.8 Å². The molecule has 0 radical (unpaired) electrons. The number of rotatable bonds is 15. The lowest BCUT2D eigenvalue weighted by atomic mass is 9.97. The summed E-state index contributed by atoms with van der Waals surface area (Å²) in [5, 5.41) is 8.63. The second-order valence-electron chi connectivity index (χ2n) is 10.7. The zero-order valence-electron chi connectivity index (χ0n) is 26.8. The quantitative estimate of drug-likeness (QED) is 0.151. The minimum atomic E-state index is -0.481. The molecule has 0 aliphatic heterocycles. The highest BCUT2D eigenvalue weighted by atomic mass is 79.9. The van der Waals surface area contributed by atoms with Crippen LogP contribution in [0.4, 0.5) is 10.5 Å². The van der Waals surface area contributed by atoms with Crippen LogP contribution in [0.15, 0.2) is 47.1 Å². The minimum absolute atomic E-state index is 0.0690. The van der Waals surface area contributed by atoms with Crippen molar-refractivity contribution in [1.82, 2.24) is 15.6 Å². The third-order valence-electron chi connectivity index (χ3n) is 7.76. The van der Waals surface area contributed by atoms with Gasteiger partial charge in [-0.2, -0.15) is 0 Å². The standard InChI is InChI=1S/C34H43BrN4O6/c1-21-22(2)31(44-6)26(24(4)30(21)43-5)20-38-34(42)45-18-12-8-7-10-17-37-32(40)23(3)25-14-15-28(27(35)19-25)39-33(41)29-13-9-11-16-36-29/h9,11,13-16,19,23H,7-8,10,12,17-18,20H2,1-6H3,(H,37,40)(H,38,42)(H,39,41). The lowest BCUT2D eigenvalue weighted by molar-refractivity contribution is -0.122. The molecule has 242 valence electrons. The van der Waals surface area contributed by atoms with E-state index in [0.29, 0.717) is 29.0 Å². The summed E-state index contributed by atoms with van der Waals surface area (Å²) in [6, 6.07) is 10.6. The second-order valence-corrected chi connectivity index (χ2v) is 11.6. The molecule has 3 amide bonds. The summed E-state index contributed by atoms with van der Waals surface area (Å²) in [4.78, 5) is 41.5. The van der Waals surface area contributed by atoms with E-state index in [0.717, 1.165) is 65.0 Å². The summed E-state index contributed by atoms with van der Waals surface area (Å²) in [6.07, 6.45) is 4.41. The molecule has 45 heavy (non-hydrogen) atoms. The molecule has 1 aromatic heterocycles. The number of aromatic nitrogens is 1. The molecule has 0 spiro atoms. The molecule has 0 saturated carbocycles. The van der Waals surface area contributed by atoms with Crippen LogP contribution in [0.2, 0.25) is 0 Å². The number of carbonyl (C=O) groups is 3. The maximum Gasteiger partial charge on any atom is 0.407 e. The average Bonchev–Trinajstić information content (AvgIpc) is 3.04. The minimum Gasteiger partial charge on any atom is -0.496 e. The van der Waals surface area contributed by atoms with Crippen molar-refractivity contribution in [1.29, 1.82) is 0 Å². The summed E-state index contributed by atoms with van der Waals surface area (Å²) in [6.45, 7) is 8.89. The van der Waals surface area contributed by atoms with E-state index in [-0.39, 0.29) is 24.3 Å². The van der Waals surface area contributed by atoms with Gasteiger partial charge in [-0.25, -0.2) is 4.79 Å². The van der Waals surface area contributed by atoms with E-state index in [9.17, 15) is 14.4 Å². The van der Waals surface area contributed by atoms with E-state index in [2.05, 4.69) is 36.9 Å². The van der Waals surface area contributed by atoms with Crippen LogP contribution in [0.3, 0.4) is 0 Å². The van der Waals surface area contributed by atoms with E-state index in [1.165, 1.54) is 0 Å².